The van der Waals surface area contributed by atoms with Gasteiger partial charge in [0.1, 0.15) is 5.75 Å². The summed E-state index contributed by atoms with van der Waals surface area (Å²) in [5, 5.41) is 5.73. The number of ether oxygens (including phenoxy) is 1. The van der Waals surface area contributed by atoms with Crippen molar-refractivity contribution in [2.24, 2.45) is 0 Å². The number of alkyl halides is 2. The van der Waals surface area contributed by atoms with Gasteiger partial charge < -0.3 is 15.4 Å². The van der Waals surface area contributed by atoms with Gasteiger partial charge in [0, 0.05) is 29.3 Å². The summed E-state index contributed by atoms with van der Waals surface area (Å²) in [6.45, 7) is -1.32. The van der Waals surface area contributed by atoms with Crippen LogP contribution in [0.1, 0.15) is 15.9 Å². The van der Waals surface area contributed by atoms with E-state index in [1.165, 1.54) is 6.07 Å². The molecule has 0 aliphatic carbocycles. The normalized spacial score (nSPS) is 10.5. The average molecular weight is 370 g/mol. The van der Waals surface area contributed by atoms with Crippen LogP contribution in [0.4, 0.5) is 26.1 Å². The third-order valence-electron chi connectivity index (χ3n) is 3.63. The highest BCUT2D eigenvalue weighted by atomic mass is 19.3. The SMILES string of the molecule is Cc1ccc(C(=O)Nc2ccc(Nc3ncccn3)cc2)cc1OC(F)F. The van der Waals surface area contributed by atoms with Gasteiger partial charge in [-0.1, -0.05) is 6.07 Å². The van der Waals surface area contributed by atoms with Gasteiger partial charge in [-0.2, -0.15) is 8.78 Å². The Bertz CT molecular complexity index is 919. The smallest absolute Gasteiger partial charge is 0.387 e. The number of hydrogen-bond acceptors (Lipinski definition) is 5. The van der Waals surface area contributed by atoms with Gasteiger partial charge in [0.25, 0.3) is 5.91 Å². The van der Waals surface area contributed by atoms with E-state index in [-0.39, 0.29) is 11.3 Å². The molecule has 0 aliphatic rings. The Labute approximate surface area is 154 Å². The van der Waals surface area contributed by atoms with Crippen LogP contribution >= 0.6 is 0 Å². The number of benzene rings is 2. The lowest BCUT2D eigenvalue weighted by Gasteiger charge is -2.11. The second kappa shape index (κ2) is 8.22. The topological polar surface area (TPSA) is 76.1 Å². The number of anilines is 3. The average Bonchev–Trinajstić information content (AvgIpc) is 2.65. The van der Waals surface area contributed by atoms with Crippen molar-refractivity contribution in [1.82, 2.24) is 9.97 Å². The van der Waals surface area contributed by atoms with Gasteiger partial charge in [-0.25, -0.2) is 9.97 Å². The number of carbonyl (C=O) groups is 1. The number of carbonyl (C=O) groups excluding carboxylic acids is 1. The first-order valence-electron chi connectivity index (χ1n) is 8.02. The van der Waals surface area contributed by atoms with Gasteiger partial charge in [-0.3, -0.25) is 4.79 Å². The van der Waals surface area contributed by atoms with Crippen LogP contribution < -0.4 is 15.4 Å². The summed E-state index contributed by atoms with van der Waals surface area (Å²) >= 11 is 0. The summed E-state index contributed by atoms with van der Waals surface area (Å²) in [5.74, 6) is 0.00165. The largest absolute Gasteiger partial charge is 0.435 e. The van der Waals surface area contributed by atoms with Crippen molar-refractivity contribution in [3.63, 3.8) is 0 Å². The lowest BCUT2D eigenvalue weighted by Crippen LogP contribution is -2.13. The molecular formula is C19H16F2N4O2. The standard InChI is InChI=1S/C19H16F2N4O2/c1-12-3-4-13(11-16(12)27-18(20)21)17(26)24-14-5-7-15(8-6-14)25-19-22-9-2-10-23-19/h2-11,18H,1H3,(H,24,26)(H,22,23,25). The fourth-order valence-electron chi connectivity index (χ4n) is 2.30. The van der Waals surface area contributed by atoms with E-state index in [9.17, 15) is 13.6 Å². The van der Waals surface area contributed by atoms with E-state index in [0.717, 1.165) is 5.69 Å². The first-order chi connectivity index (χ1) is 13.0. The molecule has 0 fully saturated rings. The lowest BCUT2D eigenvalue weighted by atomic mass is 10.1. The number of rotatable bonds is 6. The van der Waals surface area contributed by atoms with Crippen molar-refractivity contribution in [1.29, 1.82) is 0 Å². The molecule has 0 atom stereocenters. The molecule has 1 heterocycles. The molecule has 0 spiro atoms. The van der Waals surface area contributed by atoms with Gasteiger partial charge in [0.05, 0.1) is 0 Å². The molecular weight excluding hydrogens is 354 g/mol. The Morgan fingerprint density at radius 1 is 1.04 bits per heavy atom. The summed E-state index contributed by atoms with van der Waals surface area (Å²) < 4.78 is 29.3. The minimum atomic E-state index is -2.95. The second-order valence-corrected chi connectivity index (χ2v) is 5.59. The molecule has 0 unspecified atom stereocenters. The molecule has 0 saturated heterocycles. The monoisotopic (exact) mass is 370 g/mol. The highest BCUT2D eigenvalue weighted by Gasteiger charge is 2.12. The quantitative estimate of drug-likeness (QED) is 0.673. The van der Waals surface area contributed by atoms with E-state index in [2.05, 4.69) is 25.3 Å². The van der Waals surface area contributed by atoms with Crippen molar-refractivity contribution in [3.8, 4) is 5.75 Å². The molecule has 2 N–H and O–H groups in total. The van der Waals surface area contributed by atoms with E-state index in [0.29, 0.717) is 17.2 Å². The van der Waals surface area contributed by atoms with Crippen LogP contribution in [0.5, 0.6) is 5.75 Å². The summed E-state index contributed by atoms with van der Waals surface area (Å²) in [6, 6.07) is 13.0. The molecule has 3 rings (SSSR count). The van der Waals surface area contributed by atoms with Crippen LogP contribution in [-0.4, -0.2) is 22.5 Å². The molecule has 0 aliphatic heterocycles. The van der Waals surface area contributed by atoms with Crippen molar-refractivity contribution < 1.29 is 18.3 Å². The molecule has 3 aromatic rings. The Balaban J connectivity index is 1.67. The zero-order valence-corrected chi connectivity index (χ0v) is 14.3. The van der Waals surface area contributed by atoms with Crippen LogP contribution in [0.15, 0.2) is 60.9 Å². The molecule has 1 amide bonds. The first-order valence-corrected chi connectivity index (χ1v) is 8.02. The van der Waals surface area contributed by atoms with E-state index < -0.39 is 12.5 Å². The van der Waals surface area contributed by atoms with Crippen LogP contribution in [0, 0.1) is 6.92 Å². The van der Waals surface area contributed by atoms with E-state index >= 15 is 0 Å². The molecule has 0 saturated carbocycles. The van der Waals surface area contributed by atoms with Crippen LogP contribution in [-0.2, 0) is 0 Å². The van der Waals surface area contributed by atoms with Gasteiger partial charge in [0.15, 0.2) is 0 Å². The van der Waals surface area contributed by atoms with Crippen LogP contribution in [0.2, 0.25) is 0 Å². The number of amides is 1. The van der Waals surface area contributed by atoms with Crippen molar-refractivity contribution in [2.75, 3.05) is 10.6 Å². The second-order valence-electron chi connectivity index (χ2n) is 5.59. The number of nitrogens with zero attached hydrogens (tertiary/aromatic N) is 2. The van der Waals surface area contributed by atoms with E-state index in [1.54, 1.807) is 61.8 Å². The highest BCUT2D eigenvalue weighted by molar-refractivity contribution is 6.04. The van der Waals surface area contributed by atoms with Gasteiger partial charge >= 0.3 is 6.61 Å². The Morgan fingerprint density at radius 3 is 2.37 bits per heavy atom. The van der Waals surface area contributed by atoms with E-state index in [1.807, 2.05) is 0 Å². The van der Waals surface area contributed by atoms with Crippen molar-refractivity contribution in [2.45, 2.75) is 13.5 Å². The summed E-state index contributed by atoms with van der Waals surface area (Å²) in [5.41, 5.74) is 2.04. The molecule has 2 aromatic carbocycles. The number of hydrogen-bond donors (Lipinski definition) is 2. The Morgan fingerprint density at radius 2 is 1.70 bits per heavy atom. The summed E-state index contributed by atoms with van der Waals surface area (Å²) in [6.07, 6.45) is 3.25. The van der Waals surface area contributed by atoms with E-state index in [4.69, 9.17) is 0 Å². The minimum Gasteiger partial charge on any atom is -0.435 e. The number of halogens is 2. The molecule has 8 heteroatoms. The minimum absolute atomic E-state index is 0.0277. The first kappa shape index (κ1) is 18.2. The molecule has 0 bridgehead atoms. The maximum absolute atomic E-state index is 12.4. The predicted octanol–water partition coefficient (Wildman–Crippen LogP) is 4.38. The zero-order valence-electron chi connectivity index (χ0n) is 14.3. The van der Waals surface area contributed by atoms with Crippen molar-refractivity contribution >= 4 is 23.2 Å². The molecule has 6 nitrogen and oxygen atoms in total. The lowest BCUT2D eigenvalue weighted by molar-refractivity contribution is -0.0503. The zero-order chi connectivity index (χ0) is 19.2. The number of aromatic nitrogens is 2. The number of aryl methyl sites for hydroxylation is 1. The fraction of sp³-hybridized carbons (Fsp3) is 0.105. The van der Waals surface area contributed by atoms with Gasteiger partial charge in [-0.15, -0.1) is 0 Å². The highest BCUT2D eigenvalue weighted by Crippen LogP contribution is 2.23. The van der Waals surface area contributed by atoms with Crippen LogP contribution in [0.25, 0.3) is 0 Å². The third-order valence-corrected chi connectivity index (χ3v) is 3.63. The Hall–Kier alpha value is -3.55. The molecule has 27 heavy (non-hydrogen) atoms. The molecule has 1 aromatic heterocycles. The fourth-order valence-corrected chi connectivity index (χ4v) is 2.30. The predicted molar refractivity (Wildman–Crippen MR) is 97.5 cm³/mol. The third kappa shape index (κ3) is 4.97. The maximum Gasteiger partial charge on any atom is 0.387 e. The maximum atomic E-state index is 12.4. The molecule has 138 valence electrons. The Kier molecular flexibility index (Phi) is 5.55. The molecule has 0 radical (unpaired) electrons. The van der Waals surface area contributed by atoms with Crippen molar-refractivity contribution in [3.05, 3.63) is 72.1 Å². The summed E-state index contributed by atoms with van der Waals surface area (Å²) in [4.78, 5) is 20.5. The number of nitrogens with one attached hydrogen (secondary N) is 2. The van der Waals surface area contributed by atoms with Crippen LogP contribution in [0.3, 0.4) is 0 Å². The van der Waals surface area contributed by atoms with Gasteiger partial charge in [0.2, 0.25) is 5.95 Å². The summed E-state index contributed by atoms with van der Waals surface area (Å²) in [7, 11) is 0. The van der Waals surface area contributed by atoms with Gasteiger partial charge in [-0.05, 0) is 55.0 Å².